The summed E-state index contributed by atoms with van der Waals surface area (Å²) < 4.78 is 78.2. The van der Waals surface area contributed by atoms with E-state index >= 15 is 4.39 Å². The van der Waals surface area contributed by atoms with Gasteiger partial charge in [-0.3, -0.25) is 9.09 Å². The lowest BCUT2D eigenvalue weighted by Gasteiger charge is -2.27. The van der Waals surface area contributed by atoms with Crippen LogP contribution in [0, 0.1) is 27.6 Å². The van der Waals surface area contributed by atoms with E-state index in [0.717, 1.165) is 0 Å². The highest BCUT2D eigenvalue weighted by molar-refractivity contribution is 7.72. The minimum atomic E-state index is -5.92. The predicted molar refractivity (Wildman–Crippen MR) is 104 cm³/mol. The van der Waals surface area contributed by atoms with Gasteiger partial charge >= 0.3 is 23.5 Å². The number of rotatable bonds is 8. The summed E-state index contributed by atoms with van der Waals surface area (Å²) in [5, 5.41) is 20.8. The highest BCUT2D eigenvalue weighted by atomic mass is 32.1. The van der Waals surface area contributed by atoms with Crippen LogP contribution < -0.4 is 0 Å². The van der Waals surface area contributed by atoms with Crippen molar-refractivity contribution in [3.05, 3.63) is 21.4 Å². The number of aromatic nitrogens is 2. The van der Waals surface area contributed by atoms with E-state index in [9.17, 15) is 33.2 Å². The number of nitrogens with one attached hydrogen (secondary N) is 1. The highest BCUT2D eigenvalue weighted by Gasteiger charge is 2.65. The van der Waals surface area contributed by atoms with Crippen LogP contribution in [0.4, 0.5) is 8.78 Å². The summed E-state index contributed by atoms with van der Waals surface area (Å²) in [5.74, 6) is -3.16. The van der Waals surface area contributed by atoms with Gasteiger partial charge in [0.2, 0.25) is 5.60 Å². The molecular formula is C11H13F2N2O13P3S2. The van der Waals surface area contributed by atoms with Crippen LogP contribution in [-0.2, 0) is 31.6 Å². The molecule has 1 aliphatic rings. The largest absolute Gasteiger partial charge is 0.490 e. The van der Waals surface area contributed by atoms with Crippen LogP contribution in [-0.4, -0.2) is 63.5 Å². The fraction of sp³-hybridized carbons (Fsp3) is 0.455. The Kier molecular flexibility index (Phi) is 8.07. The first-order valence-corrected chi connectivity index (χ1v) is 13.1. The minimum absolute atomic E-state index is 0.454. The molecule has 0 saturated carbocycles. The van der Waals surface area contributed by atoms with Crippen LogP contribution in [0.3, 0.4) is 0 Å². The lowest BCUT2D eigenvalue weighted by atomic mass is 9.94. The van der Waals surface area contributed by atoms with Crippen LogP contribution in [0.25, 0.3) is 0 Å². The molecule has 6 atom stereocenters. The smallest absolute Gasteiger partial charge is 0.383 e. The maximum absolute atomic E-state index is 15.3. The zero-order valence-corrected chi connectivity index (χ0v) is 19.7. The molecule has 1 aromatic rings. The van der Waals surface area contributed by atoms with E-state index in [1.54, 1.807) is 5.92 Å². The van der Waals surface area contributed by atoms with Gasteiger partial charge in [0.1, 0.15) is 11.2 Å². The van der Waals surface area contributed by atoms with Crippen molar-refractivity contribution in [2.24, 2.45) is 0 Å². The lowest BCUT2D eigenvalue weighted by molar-refractivity contribution is -0.204. The molecule has 15 nitrogen and oxygen atoms in total. The molecule has 6 unspecified atom stereocenters. The predicted octanol–water partition coefficient (Wildman–Crippen LogP) is 0.677. The average molecular weight is 576 g/mol. The summed E-state index contributed by atoms with van der Waals surface area (Å²) in [6, 6.07) is 0. The fourth-order valence-corrected chi connectivity index (χ4v) is 5.94. The van der Waals surface area contributed by atoms with Crippen molar-refractivity contribution in [1.82, 2.24) is 9.55 Å². The molecule has 7 N–H and O–H groups in total. The van der Waals surface area contributed by atoms with Gasteiger partial charge in [0.15, 0.2) is 22.9 Å². The van der Waals surface area contributed by atoms with Gasteiger partial charge in [-0.05, 0) is 12.2 Å². The molecule has 2 rings (SSSR count). The molecule has 0 aromatic carbocycles. The molecule has 0 spiro atoms. The zero-order chi connectivity index (χ0) is 25.6. The van der Waals surface area contributed by atoms with Crippen LogP contribution in [0.1, 0.15) is 6.23 Å². The van der Waals surface area contributed by atoms with E-state index in [-0.39, 0.29) is 0 Å². The average Bonchev–Trinajstić information content (AvgIpc) is 2.82. The molecule has 0 aliphatic carbocycles. The monoisotopic (exact) mass is 576 g/mol. The van der Waals surface area contributed by atoms with Gasteiger partial charge in [-0.1, -0.05) is 18.1 Å². The van der Waals surface area contributed by atoms with Gasteiger partial charge in [0, 0.05) is 6.20 Å². The van der Waals surface area contributed by atoms with Gasteiger partial charge in [-0.25, -0.2) is 22.5 Å². The van der Waals surface area contributed by atoms with Crippen LogP contribution in [0.15, 0.2) is 6.20 Å². The third-order valence-electron chi connectivity index (χ3n) is 3.76. The van der Waals surface area contributed by atoms with Gasteiger partial charge < -0.3 is 39.5 Å². The number of hydrogen-bond acceptors (Lipinski definition) is 11. The second kappa shape index (κ2) is 9.36. The van der Waals surface area contributed by atoms with Gasteiger partial charge in [0.25, 0.3) is 5.85 Å². The van der Waals surface area contributed by atoms with Crippen molar-refractivity contribution in [3.63, 3.8) is 0 Å². The number of hydrogen-bond donors (Lipinski definition) is 7. The molecule has 1 fully saturated rings. The quantitative estimate of drug-likeness (QED) is 0.128. The lowest BCUT2D eigenvalue weighted by Crippen LogP contribution is -2.50. The number of nitrogens with zero attached hydrogens (tertiary/aromatic N) is 1. The summed E-state index contributed by atoms with van der Waals surface area (Å²) in [4.78, 5) is 37.6. The topological polar surface area (TPSA) is 230 Å². The highest BCUT2D eigenvalue weighted by Crippen LogP contribution is 2.66. The Balaban J connectivity index is 2.32. The van der Waals surface area contributed by atoms with E-state index in [2.05, 4.69) is 30.3 Å². The Bertz CT molecular complexity index is 1250. The standard InChI is InChI=1S/C11H13F2N2O13P3S2/c1-2-10(17)7(16)11(13,26-8(10)15-3-5(12)6(32)14-9(15)33)4-25-30(21,22)28-31(23,24)27-29(18,19)20/h1,3,7-8,16-17H,4H2,(H,21,22)(H,23,24)(H,14,32,33)(H2,18,19,20). The number of halogens is 2. The number of phosphoric ester groups is 1. The third-order valence-corrected chi connectivity index (χ3v) is 8.15. The van der Waals surface area contributed by atoms with Crippen molar-refractivity contribution < 1.29 is 70.1 Å². The molecule has 1 saturated heterocycles. The number of phosphoric acid groups is 3. The molecule has 0 amide bonds. The Morgan fingerprint density at radius 1 is 1.24 bits per heavy atom. The van der Waals surface area contributed by atoms with Crippen molar-refractivity contribution in [3.8, 4) is 12.3 Å². The van der Waals surface area contributed by atoms with E-state index in [0.29, 0.717) is 10.8 Å². The van der Waals surface area contributed by atoms with E-state index < -0.39 is 69.1 Å². The van der Waals surface area contributed by atoms with Crippen LogP contribution >= 0.6 is 47.9 Å². The summed E-state index contributed by atoms with van der Waals surface area (Å²) in [5.41, 5.74) is -2.99. The molecule has 1 aromatic heterocycles. The minimum Gasteiger partial charge on any atom is -0.383 e. The Morgan fingerprint density at radius 2 is 1.82 bits per heavy atom. The zero-order valence-electron chi connectivity index (χ0n) is 15.4. The number of terminal acetylenes is 1. The Hall–Kier alpha value is -0.770. The molecule has 22 heteroatoms. The van der Waals surface area contributed by atoms with Crippen molar-refractivity contribution in [2.45, 2.75) is 23.8 Å². The second-order valence-corrected chi connectivity index (χ2v) is 11.4. The second-order valence-electron chi connectivity index (χ2n) is 6.14. The molecular weight excluding hydrogens is 563 g/mol. The maximum Gasteiger partial charge on any atom is 0.490 e. The van der Waals surface area contributed by atoms with E-state index in [4.69, 9.17) is 38.1 Å². The molecule has 0 bridgehead atoms. The molecule has 33 heavy (non-hydrogen) atoms. The van der Waals surface area contributed by atoms with Crippen molar-refractivity contribution in [2.75, 3.05) is 6.61 Å². The van der Waals surface area contributed by atoms with Gasteiger partial charge in [-0.2, -0.15) is 8.62 Å². The number of H-pyrrole nitrogens is 1. The molecule has 1 aliphatic heterocycles. The summed E-state index contributed by atoms with van der Waals surface area (Å²) in [6.45, 7) is -1.84. The Labute approximate surface area is 192 Å². The van der Waals surface area contributed by atoms with Crippen LogP contribution in [0.5, 0.6) is 0 Å². The van der Waals surface area contributed by atoms with E-state index in [1.807, 2.05) is 0 Å². The number of aromatic amines is 1. The first kappa shape index (κ1) is 28.5. The summed E-state index contributed by atoms with van der Waals surface area (Å²) in [6.07, 6.45) is 0.762. The third kappa shape index (κ3) is 6.47. The first-order valence-electron chi connectivity index (χ1n) is 7.79. The molecule has 0 radical (unpaired) electrons. The van der Waals surface area contributed by atoms with Crippen molar-refractivity contribution in [1.29, 1.82) is 0 Å². The van der Waals surface area contributed by atoms with Crippen molar-refractivity contribution >= 4 is 47.9 Å². The fourth-order valence-electron chi connectivity index (χ4n) is 2.44. The van der Waals surface area contributed by atoms with Crippen LogP contribution in [0.2, 0.25) is 0 Å². The molecule has 2 heterocycles. The number of alkyl halides is 1. The number of ether oxygens (including phenoxy) is 1. The Morgan fingerprint density at radius 3 is 2.33 bits per heavy atom. The van der Waals surface area contributed by atoms with E-state index in [1.165, 1.54) is 0 Å². The summed E-state index contributed by atoms with van der Waals surface area (Å²) >= 11 is 9.48. The summed E-state index contributed by atoms with van der Waals surface area (Å²) in [7, 11) is -17.5. The number of aliphatic hydroxyl groups excluding tert-OH is 1. The molecule has 186 valence electrons. The normalized spacial score (nSPS) is 31.5. The maximum atomic E-state index is 15.3. The van der Waals surface area contributed by atoms with Gasteiger partial charge in [0.05, 0.1) is 0 Å². The SMILES string of the molecule is C#CC1(O)C(n2cc(F)c(=S)[nH]c2=S)OC(F)(COP(=O)(O)OP(=O)(O)OP(=O)(O)O)C1O. The number of aliphatic hydroxyl groups is 2. The van der Waals surface area contributed by atoms with Gasteiger partial charge in [-0.15, -0.1) is 6.42 Å². The first-order chi connectivity index (χ1) is 14.8.